The van der Waals surface area contributed by atoms with E-state index in [1.54, 1.807) is 0 Å². The fraction of sp³-hybridized carbons (Fsp3) is 0.480. The van der Waals surface area contributed by atoms with Crippen molar-refractivity contribution < 1.29 is 33.1 Å². The summed E-state index contributed by atoms with van der Waals surface area (Å²) in [4.78, 5) is 29.6. The van der Waals surface area contributed by atoms with Crippen LogP contribution < -0.4 is 14.8 Å². The molecule has 1 atom stereocenters. The van der Waals surface area contributed by atoms with Gasteiger partial charge in [0, 0.05) is 71.6 Å². The molecule has 11 heteroatoms. The molecule has 8 nitrogen and oxygen atoms in total. The summed E-state index contributed by atoms with van der Waals surface area (Å²) in [6, 6.07) is 14.4. The first-order chi connectivity index (χ1) is 16.3. The molecule has 2 aliphatic rings. The monoisotopic (exact) mass is 535 g/mol. The van der Waals surface area contributed by atoms with Crippen LogP contribution in [0.2, 0.25) is 0 Å². The second kappa shape index (κ2) is 14.7. The molecule has 0 bridgehead atoms. The minimum Gasteiger partial charge on any atom is -0.490 e. The Kier molecular flexibility index (Phi) is 13.0. The summed E-state index contributed by atoms with van der Waals surface area (Å²) in [5.74, 6) is 1.52. The van der Waals surface area contributed by atoms with E-state index in [4.69, 9.17) is 19.3 Å². The number of phosphoric acid groups is 1. The number of rotatable bonds is 8. The summed E-state index contributed by atoms with van der Waals surface area (Å²) in [5, 5.41) is 2.68. The van der Waals surface area contributed by atoms with E-state index in [0.29, 0.717) is 12.8 Å². The number of carbonyl (C=O) groups excluding carboxylic acids is 1. The van der Waals surface area contributed by atoms with Gasteiger partial charge in [-0.05, 0) is 80.3 Å². The zero-order valence-corrected chi connectivity index (χ0v) is 26.2. The second-order valence-corrected chi connectivity index (χ2v) is 10.2. The van der Waals surface area contributed by atoms with Gasteiger partial charge in [-0.3, -0.25) is 9.32 Å². The molecule has 0 aromatic heterocycles. The van der Waals surface area contributed by atoms with Crippen LogP contribution in [-0.4, -0.2) is 94.1 Å². The van der Waals surface area contributed by atoms with E-state index >= 15 is 0 Å². The molecule has 1 fully saturated rings. The van der Waals surface area contributed by atoms with Gasteiger partial charge < -0.3 is 24.6 Å². The van der Waals surface area contributed by atoms with Crippen LogP contribution in [0, 0.1) is 12.8 Å². The molecule has 3 N–H and O–H groups in total. The first kappa shape index (κ1) is 31.8. The number of hydrogen-bond acceptors (Lipinski definition) is 5. The number of aryl methyl sites for hydroxylation is 2. The number of phosphoric ester groups is 1. The van der Waals surface area contributed by atoms with Crippen molar-refractivity contribution >= 4 is 72.8 Å². The van der Waals surface area contributed by atoms with Crippen molar-refractivity contribution in [2.24, 2.45) is 5.92 Å². The number of ether oxygens (including phenoxy) is 2. The molecule has 2 aromatic carbocycles. The number of hydrogen-bond donors (Lipinski definition) is 3. The topological polar surface area (TPSA) is 114 Å². The summed E-state index contributed by atoms with van der Waals surface area (Å²) >= 11 is 0. The average molecular weight is 535 g/mol. The quantitative estimate of drug-likeness (QED) is 0.270. The Hall–Kier alpha value is -0.380. The molecular weight excluding hydrogens is 503 g/mol. The first-order valence-corrected chi connectivity index (χ1v) is 13.3. The van der Waals surface area contributed by atoms with Gasteiger partial charge in [-0.2, -0.15) is 0 Å². The molecule has 0 saturated heterocycles. The third kappa shape index (κ3) is 9.12. The molecule has 1 heterocycles. The van der Waals surface area contributed by atoms with E-state index in [0.717, 1.165) is 42.7 Å². The Bertz CT molecular complexity index is 1060. The van der Waals surface area contributed by atoms with Crippen LogP contribution in [0.1, 0.15) is 54.9 Å². The van der Waals surface area contributed by atoms with Gasteiger partial charge in [0.2, 0.25) is 5.91 Å². The van der Waals surface area contributed by atoms with Crippen molar-refractivity contribution in [2.75, 3.05) is 13.2 Å². The fourth-order valence-electron chi connectivity index (χ4n) is 4.72. The number of benzene rings is 2. The Labute approximate surface area is 256 Å². The Balaban J connectivity index is 0.00000228. The van der Waals surface area contributed by atoms with E-state index < -0.39 is 7.82 Å². The van der Waals surface area contributed by atoms with E-state index in [2.05, 4.69) is 41.0 Å². The summed E-state index contributed by atoms with van der Waals surface area (Å²) < 4.78 is 27.5. The molecule has 186 valence electrons. The van der Waals surface area contributed by atoms with E-state index in [1.807, 2.05) is 18.2 Å². The molecule has 0 unspecified atom stereocenters. The van der Waals surface area contributed by atoms with Crippen LogP contribution in [0.25, 0.3) is 0 Å². The maximum atomic E-state index is 12.3. The van der Waals surface area contributed by atoms with Gasteiger partial charge in [-0.15, -0.1) is 0 Å². The molecule has 4 rings (SSSR count). The molecule has 1 amide bonds. The predicted molar refractivity (Wildman–Crippen MR) is 138 cm³/mol. The van der Waals surface area contributed by atoms with Crippen LogP contribution in [0.5, 0.6) is 11.5 Å². The zero-order chi connectivity index (χ0) is 24.1. The maximum Gasteiger partial charge on any atom is 0.469 e. The van der Waals surface area contributed by atoms with Gasteiger partial charge in [-0.1, -0.05) is 24.3 Å². The molecule has 2 aromatic rings. The standard InChI is InChI=1S/C25H32NO7P.2Na/c1-17-4-2-3-5-22(17)24-12-8-19-16-21(11-13-23(19)33-24)32-20-9-6-18(7-10-20)25(27)26-14-15-31-34(28,29)30;;/h2-5,11,13,16,18,20,24H,6-10,12,14-15H2,1H3,(H,26,27)(H2,28,29,30);;/t18-,20-,24-;;/m0../s1. The molecular formula is C25H32NNa2O7P. The largest absolute Gasteiger partial charge is 0.490 e. The summed E-state index contributed by atoms with van der Waals surface area (Å²) in [5.41, 5.74) is 3.64. The van der Waals surface area contributed by atoms with Gasteiger partial charge >= 0.3 is 7.82 Å². The Morgan fingerprint density at radius 2 is 1.81 bits per heavy atom. The van der Waals surface area contributed by atoms with Gasteiger partial charge in [0.1, 0.15) is 17.6 Å². The number of nitrogens with one attached hydrogen (secondary N) is 1. The molecule has 2 radical (unpaired) electrons. The van der Waals surface area contributed by atoms with Crippen LogP contribution in [0.3, 0.4) is 0 Å². The van der Waals surface area contributed by atoms with Gasteiger partial charge in [0.15, 0.2) is 0 Å². The van der Waals surface area contributed by atoms with Gasteiger partial charge in [0.25, 0.3) is 0 Å². The minimum atomic E-state index is -4.50. The van der Waals surface area contributed by atoms with Crippen LogP contribution in [-0.2, 0) is 20.3 Å². The van der Waals surface area contributed by atoms with Crippen LogP contribution in [0.15, 0.2) is 42.5 Å². The molecule has 36 heavy (non-hydrogen) atoms. The van der Waals surface area contributed by atoms with Crippen molar-refractivity contribution in [3.05, 3.63) is 59.2 Å². The molecule has 1 aliphatic heterocycles. The van der Waals surface area contributed by atoms with Crippen molar-refractivity contribution in [1.29, 1.82) is 0 Å². The normalized spacial score (nSPS) is 21.1. The van der Waals surface area contributed by atoms with Crippen molar-refractivity contribution in [1.82, 2.24) is 5.32 Å². The van der Waals surface area contributed by atoms with E-state index in [-0.39, 0.29) is 96.3 Å². The van der Waals surface area contributed by atoms with Gasteiger partial charge in [0.05, 0.1) is 12.7 Å². The van der Waals surface area contributed by atoms with Gasteiger partial charge in [-0.25, -0.2) is 4.57 Å². The number of amides is 1. The van der Waals surface area contributed by atoms with Crippen molar-refractivity contribution in [3.63, 3.8) is 0 Å². The molecule has 1 saturated carbocycles. The Morgan fingerprint density at radius 1 is 1.08 bits per heavy atom. The average Bonchev–Trinajstić information content (AvgIpc) is 2.81. The minimum absolute atomic E-state index is 0. The third-order valence-corrected chi connectivity index (χ3v) is 7.04. The SMILES string of the molecule is Cc1ccccc1[C@@H]1CCc2cc(O[C@H]3CC[C@H](C(=O)NCCOP(=O)(O)O)CC3)ccc2O1.[Na].[Na]. The zero-order valence-electron chi connectivity index (χ0n) is 21.3. The smallest absolute Gasteiger partial charge is 0.469 e. The second-order valence-electron chi connectivity index (χ2n) is 8.98. The third-order valence-electron chi connectivity index (χ3n) is 6.52. The van der Waals surface area contributed by atoms with E-state index in [1.165, 1.54) is 11.1 Å². The predicted octanol–water partition coefficient (Wildman–Crippen LogP) is 3.46. The van der Waals surface area contributed by atoms with E-state index in [9.17, 15) is 9.36 Å². The molecule has 1 aliphatic carbocycles. The first-order valence-electron chi connectivity index (χ1n) is 11.8. The van der Waals surface area contributed by atoms with Crippen molar-refractivity contribution in [2.45, 2.75) is 57.7 Å². The van der Waals surface area contributed by atoms with Crippen molar-refractivity contribution in [3.8, 4) is 11.5 Å². The molecule has 0 spiro atoms. The number of fused-ring (bicyclic) bond motifs is 1. The summed E-state index contributed by atoms with van der Waals surface area (Å²) in [6.45, 7) is 1.97. The maximum absolute atomic E-state index is 12.3. The summed E-state index contributed by atoms with van der Waals surface area (Å²) in [6.07, 6.45) is 4.98. The van der Waals surface area contributed by atoms with Crippen LogP contribution >= 0.6 is 7.82 Å². The van der Waals surface area contributed by atoms with Crippen LogP contribution in [0.4, 0.5) is 0 Å². The number of carbonyl (C=O) groups is 1. The summed E-state index contributed by atoms with van der Waals surface area (Å²) in [7, 11) is -4.50. The fourth-order valence-corrected chi connectivity index (χ4v) is 5.05. The Morgan fingerprint density at radius 3 is 2.50 bits per heavy atom.